The summed E-state index contributed by atoms with van der Waals surface area (Å²) in [5.74, 6) is -0.491. The van der Waals surface area contributed by atoms with Crippen molar-refractivity contribution in [2.75, 3.05) is 0 Å². The van der Waals surface area contributed by atoms with Crippen molar-refractivity contribution >= 4 is 12.4 Å². The molecule has 1 rings (SSSR count). The summed E-state index contributed by atoms with van der Waals surface area (Å²) < 4.78 is 53.3. The Morgan fingerprint density at radius 2 is 2.07 bits per heavy atom. The van der Waals surface area contributed by atoms with E-state index in [2.05, 4.69) is 4.74 Å². The average molecular weight is 230 g/mol. The van der Waals surface area contributed by atoms with Gasteiger partial charge < -0.3 is 10.5 Å². The third kappa shape index (κ3) is 4.34. The Balaban J connectivity index is 0.00000225. The molecule has 0 aromatic heterocycles. The van der Waals surface area contributed by atoms with Crippen molar-refractivity contribution < 1.29 is 20.6 Å². The first-order chi connectivity index (χ1) is 6.68. The maximum absolute atomic E-state index is 11.8. The van der Waals surface area contributed by atoms with E-state index in [1.54, 1.807) is 0 Å². The molecule has 80 valence electrons. The molecule has 1 aromatic rings. The molecule has 1 aromatic carbocycles. The Morgan fingerprint density at radius 3 is 2.57 bits per heavy atom. The fourth-order valence-electron chi connectivity index (χ4n) is 0.783. The van der Waals surface area contributed by atoms with Crippen LogP contribution in [0.1, 0.15) is 8.30 Å². The van der Waals surface area contributed by atoms with Crippen LogP contribution in [-0.4, -0.2) is 6.36 Å². The molecule has 0 heterocycles. The largest absolute Gasteiger partial charge is 0.573 e. The van der Waals surface area contributed by atoms with Crippen molar-refractivity contribution in [2.45, 2.75) is 12.9 Å². The van der Waals surface area contributed by atoms with Crippen LogP contribution in [0.5, 0.6) is 5.75 Å². The molecule has 0 bridgehead atoms. The number of benzene rings is 1. The maximum Gasteiger partial charge on any atom is 0.573 e. The molecule has 0 saturated carbocycles. The Kier molecular flexibility index (Phi) is 3.48. The fourth-order valence-corrected chi connectivity index (χ4v) is 0.783. The van der Waals surface area contributed by atoms with Crippen LogP contribution in [0, 0.1) is 0 Å². The van der Waals surface area contributed by atoms with Gasteiger partial charge in [-0.15, -0.1) is 25.6 Å². The van der Waals surface area contributed by atoms with Crippen LogP contribution >= 0.6 is 12.4 Å². The van der Waals surface area contributed by atoms with Crippen LogP contribution in [0.15, 0.2) is 24.3 Å². The number of ether oxygens (including phenoxy) is 1. The minimum Gasteiger partial charge on any atom is -0.406 e. The van der Waals surface area contributed by atoms with Gasteiger partial charge in [0.2, 0.25) is 0 Å². The van der Waals surface area contributed by atoms with Gasteiger partial charge in [0.15, 0.2) is 0 Å². The summed E-state index contributed by atoms with van der Waals surface area (Å²) in [4.78, 5) is 0. The third-order valence-corrected chi connectivity index (χ3v) is 1.23. The lowest BCUT2D eigenvalue weighted by molar-refractivity contribution is -0.274. The molecule has 0 amide bonds. The Morgan fingerprint density at radius 1 is 1.43 bits per heavy atom. The highest BCUT2D eigenvalue weighted by Crippen LogP contribution is 2.22. The van der Waals surface area contributed by atoms with Gasteiger partial charge in [0.1, 0.15) is 5.75 Å². The monoisotopic (exact) mass is 229 g/mol. The SMILES string of the molecule is Cl.[2H]C([2H])(N)c1cccc(OC(F)(F)F)c1. The second-order valence-electron chi connectivity index (χ2n) is 2.22. The summed E-state index contributed by atoms with van der Waals surface area (Å²) in [5, 5.41) is 0. The molecular formula is C8H9ClF3NO. The highest BCUT2D eigenvalue weighted by molar-refractivity contribution is 5.85. The van der Waals surface area contributed by atoms with Crippen molar-refractivity contribution in [2.24, 2.45) is 5.73 Å². The van der Waals surface area contributed by atoms with Crippen molar-refractivity contribution in [1.29, 1.82) is 0 Å². The normalized spacial score (nSPS) is 13.7. The first kappa shape index (κ1) is 9.61. The van der Waals surface area contributed by atoms with Crippen LogP contribution in [0.25, 0.3) is 0 Å². The molecule has 14 heavy (non-hydrogen) atoms. The summed E-state index contributed by atoms with van der Waals surface area (Å²) in [7, 11) is 0. The van der Waals surface area contributed by atoms with Gasteiger partial charge >= 0.3 is 6.36 Å². The van der Waals surface area contributed by atoms with Gasteiger partial charge in [0.25, 0.3) is 0 Å². The van der Waals surface area contributed by atoms with E-state index < -0.39 is 18.6 Å². The maximum atomic E-state index is 11.8. The minimum atomic E-state index is -4.79. The third-order valence-electron chi connectivity index (χ3n) is 1.23. The van der Waals surface area contributed by atoms with E-state index in [1.165, 1.54) is 12.1 Å². The number of hydrogen-bond donors (Lipinski definition) is 1. The summed E-state index contributed by atoms with van der Waals surface area (Å²) in [6, 6.07) is 4.50. The van der Waals surface area contributed by atoms with Gasteiger partial charge in [-0.2, -0.15) is 0 Å². The highest BCUT2D eigenvalue weighted by atomic mass is 35.5. The van der Waals surface area contributed by atoms with Crippen LogP contribution in [0.2, 0.25) is 0 Å². The molecule has 0 unspecified atom stereocenters. The molecule has 0 aliphatic rings. The summed E-state index contributed by atoms with van der Waals surface area (Å²) in [5.41, 5.74) is 5.01. The van der Waals surface area contributed by atoms with Crippen molar-refractivity contribution in [1.82, 2.24) is 0 Å². The molecule has 0 aliphatic heterocycles. The van der Waals surface area contributed by atoms with Crippen LogP contribution < -0.4 is 10.5 Å². The number of alkyl halides is 3. The first-order valence-corrected chi connectivity index (χ1v) is 3.34. The second kappa shape index (κ2) is 5.07. The Hall–Kier alpha value is -0.940. The van der Waals surface area contributed by atoms with Gasteiger partial charge in [-0.05, 0) is 17.7 Å². The van der Waals surface area contributed by atoms with E-state index in [0.29, 0.717) is 0 Å². The second-order valence-corrected chi connectivity index (χ2v) is 2.22. The average Bonchev–Trinajstić information content (AvgIpc) is 1.99. The number of rotatable bonds is 2. The lowest BCUT2D eigenvalue weighted by Crippen LogP contribution is -2.17. The van der Waals surface area contributed by atoms with E-state index >= 15 is 0 Å². The van der Waals surface area contributed by atoms with E-state index in [4.69, 9.17) is 8.48 Å². The number of hydrogen-bond acceptors (Lipinski definition) is 2. The standard InChI is InChI=1S/C8H8F3NO.ClH/c9-8(10,11)13-7-3-1-2-6(4-7)5-12;/h1-4H,5,12H2;1H/i5D2;. The van der Waals surface area contributed by atoms with Gasteiger partial charge in [-0.25, -0.2) is 0 Å². The van der Waals surface area contributed by atoms with Gasteiger partial charge in [0.05, 0.1) is 0 Å². The van der Waals surface area contributed by atoms with Crippen molar-refractivity contribution in [3.05, 3.63) is 29.8 Å². The molecule has 0 aliphatic carbocycles. The predicted molar refractivity (Wildman–Crippen MR) is 48.3 cm³/mol. The fraction of sp³-hybridized carbons (Fsp3) is 0.250. The van der Waals surface area contributed by atoms with Crippen LogP contribution in [0.4, 0.5) is 13.2 Å². The van der Waals surface area contributed by atoms with E-state index in [9.17, 15) is 13.2 Å². The summed E-state index contributed by atoms with van der Waals surface area (Å²) in [6.07, 6.45) is -4.79. The minimum absolute atomic E-state index is 0. The lowest BCUT2D eigenvalue weighted by Gasteiger charge is -2.09. The first-order valence-electron chi connectivity index (χ1n) is 4.34. The quantitative estimate of drug-likeness (QED) is 0.846. The smallest absolute Gasteiger partial charge is 0.406 e. The molecule has 2 N–H and O–H groups in total. The molecule has 6 heteroatoms. The Labute approximate surface area is 88.1 Å². The lowest BCUT2D eigenvalue weighted by atomic mass is 10.2. The van der Waals surface area contributed by atoms with Crippen LogP contribution in [-0.2, 0) is 6.50 Å². The van der Waals surface area contributed by atoms with E-state index in [-0.39, 0.29) is 18.0 Å². The van der Waals surface area contributed by atoms with E-state index in [1.807, 2.05) is 0 Å². The van der Waals surface area contributed by atoms with Crippen molar-refractivity contribution in [3.8, 4) is 5.75 Å². The molecule has 2 nitrogen and oxygen atoms in total. The zero-order valence-electron chi connectivity index (χ0n) is 8.84. The molecule has 0 fully saturated rings. The van der Waals surface area contributed by atoms with Crippen molar-refractivity contribution in [3.63, 3.8) is 0 Å². The molecule has 0 atom stereocenters. The highest BCUT2D eigenvalue weighted by Gasteiger charge is 2.30. The number of nitrogens with two attached hydrogens (primary N) is 1. The molecule has 0 saturated heterocycles. The van der Waals surface area contributed by atoms with Gasteiger partial charge in [0, 0.05) is 9.24 Å². The zero-order valence-corrected chi connectivity index (χ0v) is 7.65. The van der Waals surface area contributed by atoms with Crippen LogP contribution in [0.3, 0.4) is 0 Å². The Bertz CT molecular complexity index is 354. The van der Waals surface area contributed by atoms with E-state index in [0.717, 1.165) is 12.1 Å². The summed E-state index contributed by atoms with van der Waals surface area (Å²) in [6.45, 7) is -2.19. The number of halogens is 4. The molecule has 0 spiro atoms. The topological polar surface area (TPSA) is 35.2 Å². The molecular weight excluding hydrogens is 219 g/mol. The van der Waals surface area contributed by atoms with Gasteiger partial charge in [-0.1, -0.05) is 12.1 Å². The predicted octanol–water partition coefficient (Wildman–Crippen LogP) is 2.47. The zero-order chi connectivity index (χ0) is 11.7. The molecule has 0 radical (unpaired) electrons. The summed E-state index contributed by atoms with van der Waals surface area (Å²) >= 11 is 0. The van der Waals surface area contributed by atoms with Gasteiger partial charge in [-0.3, -0.25) is 0 Å².